The van der Waals surface area contributed by atoms with Crippen molar-refractivity contribution in [2.45, 2.75) is 53.4 Å². The predicted octanol–water partition coefficient (Wildman–Crippen LogP) is 20.6. The number of hydrogen-bond acceptors (Lipinski definition) is 14. The number of halogens is 5. The summed E-state index contributed by atoms with van der Waals surface area (Å²) in [6.45, 7) is 2.98. The van der Waals surface area contributed by atoms with Crippen molar-refractivity contribution in [2.75, 3.05) is 61.8 Å². The molecule has 1 saturated heterocycles. The fourth-order valence-corrected chi connectivity index (χ4v) is 12.7. The summed E-state index contributed by atoms with van der Waals surface area (Å²) in [7, 11) is 0. The van der Waals surface area contributed by atoms with Crippen LogP contribution in [0.5, 0.6) is 46.0 Å². The van der Waals surface area contributed by atoms with Crippen molar-refractivity contribution < 1.29 is 74.7 Å². The number of phenolic OH excluding ortho intramolecular Hbond substituents is 6. The van der Waals surface area contributed by atoms with Crippen molar-refractivity contribution >= 4 is 125 Å². The summed E-state index contributed by atoms with van der Waals surface area (Å²) in [4.78, 5) is 23.1. The number of alkyl halides is 5. The Labute approximate surface area is 765 Å². The molecule has 0 amide bonds. The van der Waals surface area contributed by atoms with Crippen LogP contribution in [0.1, 0.15) is 131 Å². The fraction of sp³-hybridized carbons (Fsp3) is 0.180. The van der Waals surface area contributed by atoms with Gasteiger partial charge in [0.05, 0.1) is 11.4 Å². The number of carbonyl (C=O) groups excluding carboxylic acids is 2. The van der Waals surface area contributed by atoms with Crippen molar-refractivity contribution in [3.05, 3.63) is 382 Å². The first-order valence-electron chi connectivity index (χ1n) is 37.6. The van der Waals surface area contributed by atoms with E-state index in [0.29, 0.717) is 78.1 Å². The summed E-state index contributed by atoms with van der Waals surface area (Å²) in [5, 5.41) is 73.6. The Morgan fingerprint density at radius 3 is 0.826 bits per heavy atom. The number of nitrogens with two attached hydrogens (primary N) is 1. The molecular weight excluding hydrogens is 1670 g/mol. The normalized spacial score (nSPS) is 10.9. The second kappa shape index (κ2) is 59.9. The minimum atomic E-state index is -0.139. The molecule has 12 aromatic rings. The van der Waals surface area contributed by atoms with E-state index in [9.17, 15) is 30.0 Å². The van der Waals surface area contributed by atoms with Gasteiger partial charge in [-0.2, -0.15) is 10.5 Å². The molecule has 0 spiro atoms. The second-order valence-corrected chi connectivity index (χ2v) is 27.6. The number of carbonyl (C=O) groups is 2. The minimum absolute atomic E-state index is 0. The maximum absolute atomic E-state index is 11.9. The molecule has 0 saturated carbocycles. The third-order valence-electron chi connectivity index (χ3n) is 17.5. The Hall–Kier alpha value is -10.7. The molecule has 1 heterocycles. The number of allylic oxidation sites excluding steroid dienone is 3. The fourth-order valence-electron chi connectivity index (χ4n) is 12.0. The van der Waals surface area contributed by atoms with Crippen molar-refractivity contribution in [2.24, 2.45) is 5.73 Å². The first-order chi connectivity index (χ1) is 57.1. The van der Waals surface area contributed by atoms with Gasteiger partial charge in [0.1, 0.15) is 58.7 Å². The van der Waals surface area contributed by atoms with E-state index in [-0.39, 0.29) is 105 Å². The summed E-state index contributed by atoms with van der Waals surface area (Å²) in [6, 6.07) is 100. The number of ether oxygens (including phenoxy) is 3. The van der Waals surface area contributed by atoms with Gasteiger partial charge in [0.25, 0.3) is 0 Å². The Morgan fingerprint density at radius 1 is 0.364 bits per heavy atom. The average molecular weight is 1780 g/mol. The van der Waals surface area contributed by atoms with Gasteiger partial charge in [0.15, 0.2) is 35.5 Å². The molecule has 0 bridgehead atoms. The van der Waals surface area contributed by atoms with Crippen LogP contribution in [0.25, 0.3) is 33.4 Å². The van der Waals surface area contributed by atoms with Crippen LogP contribution < -0.4 is 34.1 Å². The molecule has 0 aliphatic carbocycles. The molecule has 1 aliphatic rings. The van der Waals surface area contributed by atoms with Crippen LogP contribution in [0.3, 0.4) is 0 Å². The molecule has 0 unspecified atom stereocenters. The number of Topliss-reactive ketones (excluding diaryl/α,β-unsaturated/α-hetero) is 1. The molecular formula is C100H104AlBrCl4LiN3O11. The van der Waals surface area contributed by atoms with Gasteiger partial charge < -0.3 is 52.0 Å². The smallest absolute Gasteiger partial charge is 1.00 e. The van der Waals surface area contributed by atoms with E-state index in [2.05, 4.69) is 52.3 Å². The van der Waals surface area contributed by atoms with Gasteiger partial charge in [-0.05, 0) is 237 Å². The average Bonchev–Trinajstić information content (AvgIpc) is 0.899. The van der Waals surface area contributed by atoms with Crippen molar-refractivity contribution in [1.82, 2.24) is 0 Å². The standard InChI is InChI=1S/C24H24ClNO2.C24H20ClNO2.C22H19ClO2.C13H10O3.C9H9ClO.C4H8O.C2H2BrN.2CH4.Al.Li.4H/c2*25-15-14-23(18-4-2-1-3-5-18)24(19-6-10-21(27)11-7-19)20-8-12-22(13-9-20)28-17-16-26;23-15-14-21(16-4-2-1-3-5-16)22(17-6-10-19(24)11-7-17)18-8-12-20(25)13-9-18;14-11-5-1-9(2-6-11)13(16)10-3-7-12(15)8-4-10;10-7-6-9(11)8-4-2-1-3-5-8;1-2-4-5-3-1;3-1-2-4;;;;;;;;/h1-13,27H,14-17,26H2;1-13,27H,14-15,17H2;1-13,24-25H,14-15H2;1-8,14-15H;1-5H,6-7H2;1-4H2;1H2;2*1H4;;;;;;/q;;;;;;;;;;+1;;;;-1/b2*24-23-;;;;;;;;;;;;;. The van der Waals surface area contributed by atoms with E-state index in [1.807, 2.05) is 182 Å². The maximum Gasteiger partial charge on any atom is 1.00 e. The molecule has 0 atom stereocenters. The Balaban J connectivity index is 0.000000510. The van der Waals surface area contributed by atoms with Crippen LogP contribution in [0.15, 0.2) is 315 Å². The molecule has 13 rings (SSSR count). The van der Waals surface area contributed by atoms with Crippen molar-refractivity contribution in [3.63, 3.8) is 0 Å². The van der Waals surface area contributed by atoms with Gasteiger partial charge in [-0.3, -0.25) is 9.59 Å². The van der Waals surface area contributed by atoms with E-state index in [4.69, 9.17) is 87.1 Å². The van der Waals surface area contributed by atoms with E-state index < -0.39 is 0 Å². The zero-order valence-corrected chi connectivity index (χ0v) is 70.0. The summed E-state index contributed by atoms with van der Waals surface area (Å²) >= 11 is 26.7. The predicted molar refractivity (Wildman–Crippen MR) is 504 cm³/mol. The zero-order chi connectivity index (χ0) is 83.8. The van der Waals surface area contributed by atoms with Gasteiger partial charge in [-0.25, -0.2) is 0 Å². The molecule has 21 heteroatoms. The number of rotatable bonds is 25. The number of nitrogens with zero attached hydrogens (tertiary/aromatic N) is 2. The van der Waals surface area contributed by atoms with Gasteiger partial charge in [0.2, 0.25) is 0 Å². The van der Waals surface area contributed by atoms with E-state index in [1.54, 1.807) is 84.9 Å². The number of benzene rings is 12. The molecule has 0 aromatic heterocycles. The van der Waals surface area contributed by atoms with Crippen LogP contribution in [0.2, 0.25) is 0 Å². The van der Waals surface area contributed by atoms with Gasteiger partial charge in [0, 0.05) is 66.4 Å². The Morgan fingerprint density at radius 2 is 0.603 bits per heavy atom. The molecule has 1 fully saturated rings. The monoisotopic (exact) mass is 1780 g/mol. The zero-order valence-electron chi connectivity index (χ0n) is 66.4. The van der Waals surface area contributed by atoms with Gasteiger partial charge in [-0.1, -0.05) is 225 Å². The largest absolute Gasteiger partial charge is 1.00 e. The summed E-state index contributed by atoms with van der Waals surface area (Å²) in [5.74, 6) is 4.50. The third-order valence-corrected chi connectivity index (χ3v) is 18.5. The molecule has 121 heavy (non-hydrogen) atoms. The van der Waals surface area contributed by atoms with Gasteiger partial charge >= 0.3 is 18.9 Å². The van der Waals surface area contributed by atoms with Crippen molar-refractivity contribution in [3.8, 4) is 58.1 Å². The molecule has 8 N–H and O–H groups in total. The molecule has 0 radical (unpaired) electrons. The third kappa shape index (κ3) is 35.9. The minimum Gasteiger partial charge on any atom is -1.00 e. The molecule has 1 aliphatic heterocycles. The van der Waals surface area contributed by atoms with E-state index in [0.717, 1.165) is 114 Å². The number of nitriles is 2. The van der Waals surface area contributed by atoms with Crippen LogP contribution in [-0.2, 0) is 4.74 Å². The molecule has 12 aromatic carbocycles. The summed E-state index contributed by atoms with van der Waals surface area (Å²) in [5.41, 5.74) is 23.3. The first kappa shape index (κ1) is 104. The first-order valence-corrected chi connectivity index (χ1v) is 40.8. The maximum atomic E-state index is 11.9. The topological polar surface area (TPSA) is 257 Å². The quantitative estimate of drug-likeness (QED) is 0.0122. The summed E-state index contributed by atoms with van der Waals surface area (Å²) < 4.78 is 15.9. The summed E-state index contributed by atoms with van der Waals surface area (Å²) in [6.07, 6.45) is 5.12. The number of hydrogen-bond donors (Lipinski definition) is 7. The van der Waals surface area contributed by atoms with Crippen LogP contribution >= 0.6 is 62.3 Å². The number of ketones is 2. The van der Waals surface area contributed by atoms with E-state index >= 15 is 0 Å². The SMILES string of the molecule is C.C.C1CCOC1.N#CCBr.N#CCOc1ccc(/C(=C(/CCCl)c2ccccc2)c2ccc(O)cc2)cc1.NCCOc1ccc(/C(=C(/CCCl)c2ccccc2)c2ccc(O)cc2)cc1.O=C(CCCl)c1ccccc1.O=C(c1ccc(O)cc1)c1ccc(O)cc1.Oc1ccc(C(=C(CCCl)c2ccccc2)c2ccc(O)cc2)cc1.[AlH3].[H-].[Li+]. The van der Waals surface area contributed by atoms with Crippen molar-refractivity contribution in [1.29, 1.82) is 10.5 Å². The van der Waals surface area contributed by atoms with Crippen LogP contribution in [-0.4, -0.2) is 121 Å². The number of phenols is 6. The molecule has 624 valence electrons. The molecule has 14 nitrogen and oxygen atoms in total. The van der Waals surface area contributed by atoms with Gasteiger partial charge in [-0.15, -0.1) is 46.4 Å². The van der Waals surface area contributed by atoms with E-state index in [1.165, 1.54) is 37.1 Å². The Bertz CT molecular complexity index is 5020. The van der Waals surface area contributed by atoms with Crippen LogP contribution in [0, 0.1) is 22.7 Å². The Kier molecular flexibility index (Phi) is 51.7. The number of aromatic hydroxyl groups is 6. The van der Waals surface area contributed by atoms with Crippen LogP contribution in [0.4, 0.5) is 0 Å². The second-order valence-electron chi connectivity index (χ2n) is 25.6.